The number of aliphatic carboxylic acids is 1. The van der Waals surface area contributed by atoms with Crippen LogP contribution in [0.5, 0.6) is 0 Å². The van der Waals surface area contributed by atoms with Gasteiger partial charge in [-0.3, -0.25) is 10.1 Å². The normalized spacial score (nSPS) is 10.7. The van der Waals surface area contributed by atoms with Crippen LogP contribution in [0.4, 0.5) is 18.9 Å². The van der Waals surface area contributed by atoms with E-state index in [1.165, 1.54) is 0 Å². The molecule has 0 bridgehead atoms. The van der Waals surface area contributed by atoms with Gasteiger partial charge in [0.25, 0.3) is 0 Å². The SMILES string of the molecule is Nc1ccncc1-c1cccc(-c2ccn[nH]2)c1.O=C(O)C(F)(F)F. The van der Waals surface area contributed by atoms with Crippen molar-refractivity contribution in [3.05, 3.63) is 55.0 Å². The summed E-state index contributed by atoms with van der Waals surface area (Å²) in [5.74, 6) is -2.76. The number of nitrogens with zero attached hydrogens (tertiary/aromatic N) is 2. The molecule has 0 saturated carbocycles. The number of alkyl halides is 3. The number of hydrogen-bond acceptors (Lipinski definition) is 4. The second-order valence-electron chi connectivity index (χ2n) is 4.82. The van der Waals surface area contributed by atoms with E-state index in [0.29, 0.717) is 0 Å². The Morgan fingerprint density at radius 2 is 1.80 bits per heavy atom. The zero-order valence-electron chi connectivity index (χ0n) is 12.7. The number of halogens is 3. The summed E-state index contributed by atoms with van der Waals surface area (Å²) >= 11 is 0. The van der Waals surface area contributed by atoms with E-state index < -0.39 is 12.1 Å². The van der Waals surface area contributed by atoms with Crippen LogP contribution in [0.15, 0.2) is 55.0 Å². The molecule has 0 atom stereocenters. The minimum atomic E-state index is -5.08. The fourth-order valence-electron chi connectivity index (χ4n) is 1.92. The molecule has 130 valence electrons. The number of nitrogens with one attached hydrogen (secondary N) is 1. The first-order valence-corrected chi connectivity index (χ1v) is 6.89. The van der Waals surface area contributed by atoms with Crippen molar-refractivity contribution < 1.29 is 23.1 Å². The number of aromatic nitrogens is 3. The highest BCUT2D eigenvalue weighted by Gasteiger charge is 2.38. The summed E-state index contributed by atoms with van der Waals surface area (Å²) in [6.45, 7) is 0. The van der Waals surface area contributed by atoms with E-state index in [1.807, 2.05) is 24.3 Å². The highest BCUT2D eigenvalue weighted by molar-refractivity contribution is 5.78. The van der Waals surface area contributed by atoms with Crippen LogP contribution in [0, 0.1) is 0 Å². The summed E-state index contributed by atoms with van der Waals surface area (Å²) < 4.78 is 31.7. The fraction of sp³-hybridized carbons (Fsp3) is 0.0625. The number of benzene rings is 1. The Balaban J connectivity index is 0.000000277. The second kappa shape index (κ2) is 7.47. The van der Waals surface area contributed by atoms with Gasteiger partial charge in [-0.25, -0.2) is 4.79 Å². The molecule has 0 aliphatic carbocycles. The maximum atomic E-state index is 10.6. The number of pyridine rings is 1. The minimum absolute atomic E-state index is 0.728. The zero-order chi connectivity index (χ0) is 18.4. The molecule has 3 aromatic rings. The first-order chi connectivity index (χ1) is 11.8. The number of nitrogen functional groups attached to an aromatic ring is 1. The van der Waals surface area contributed by atoms with Gasteiger partial charge in [-0.1, -0.05) is 18.2 Å². The van der Waals surface area contributed by atoms with Crippen LogP contribution in [-0.4, -0.2) is 32.4 Å². The molecule has 0 saturated heterocycles. The van der Waals surface area contributed by atoms with E-state index in [4.69, 9.17) is 15.6 Å². The molecule has 1 aromatic carbocycles. The Morgan fingerprint density at radius 3 is 2.36 bits per heavy atom. The fourth-order valence-corrected chi connectivity index (χ4v) is 1.92. The molecule has 0 spiro atoms. The molecule has 0 fully saturated rings. The van der Waals surface area contributed by atoms with Gasteiger partial charge in [-0.15, -0.1) is 0 Å². The van der Waals surface area contributed by atoms with Gasteiger partial charge < -0.3 is 10.8 Å². The number of carbonyl (C=O) groups is 1. The third-order valence-corrected chi connectivity index (χ3v) is 3.08. The monoisotopic (exact) mass is 350 g/mol. The topological polar surface area (TPSA) is 105 Å². The van der Waals surface area contributed by atoms with E-state index in [-0.39, 0.29) is 0 Å². The van der Waals surface area contributed by atoms with Crippen LogP contribution in [0.2, 0.25) is 0 Å². The van der Waals surface area contributed by atoms with Gasteiger partial charge in [0.1, 0.15) is 0 Å². The Kier molecular flexibility index (Phi) is 5.38. The smallest absolute Gasteiger partial charge is 0.475 e. The summed E-state index contributed by atoms with van der Waals surface area (Å²) in [5, 5.41) is 14.0. The van der Waals surface area contributed by atoms with Crippen LogP contribution in [0.1, 0.15) is 0 Å². The molecular formula is C16H13F3N4O2. The van der Waals surface area contributed by atoms with Crippen molar-refractivity contribution in [1.29, 1.82) is 0 Å². The Hall–Kier alpha value is -3.36. The quantitative estimate of drug-likeness (QED) is 0.657. The molecule has 4 N–H and O–H groups in total. The lowest BCUT2D eigenvalue weighted by molar-refractivity contribution is -0.192. The van der Waals surface area contributed by atoms with E-state index in [2.05, 4.69) is 21.2 Å². The molecule has 0 aliphatic rings. The highest BCUT2D eigenvalue weighted by atomic mass is 19.4. The van der Waals surface area contributed by atoms with Crippen LogP contribution in [0.3, 0.4) is 0 Å². The summed E-state index contributed by atoms with van der Waals surface area (Å²) in [6.07, 6.45) is 0.124. The lowest BCUT2D eigenvalue weighted by Gasteiger charge is -2.06. The number of nitrogens with two attached hydrogens (primary N) is 1. The van der Waals surface area contributed by atoms with Gasteiger partial charge >= 0.3 is 12.1 Å². The third kappa shape index (κ3) is 4.80. The Labute approximate surface area is 140 Å². The molecule has 0 unspecified atom stereocenters. The van der Waals surface area contributed by atoms with E-state index in [0.717, 1.165) is 28.1 Å². The molecule has 2 aromatic heterocycles. The largest absolute Gasteiger partial charge is 0.490 e. The van der Waals surface area contributed by atoms with Crippen LogP contribution >= 0.6 is 0 Å². The predicted octanol–water partition coefficient (Wildman–Crippen LogP) is 3.35. The Morgan fingerprint density at radius 1 is 1.12 bits per heavy atom. The molecule has 25 heavy (non-hydrogen) atoms. The number of aromatic amines is 1. The minimum Gasteiger partial charge on any atom is -0.475 e. The van der Waals surface area contributed by atoms with E-state index >= 15 is 0 Å². The van der Waals surface area contributed by atoms with Crippen LogP contribution in [0.25, 0.3) is 22.4 Å². The molecule has 9 heteroatoms. The second-order valence-corrected chi connectivity index (χ2v) is 4.82. The van der Waals surface area contributed by atoms with Crippen molar-refractivity contribution in [3.8, 4) is 22.4 Å². The number of H-pyrrole nitrogens is 1. The van der Waals surface area contributed by atoms with Gasteiger partial charge in [0, 0.05) is 35.4 Å². The average Bonchev–Trinajstić information content (AvgIpc) is 3.10. The van der Waals surface area contributed by atoms with Crippen molar-refractivity contribution in [2.24, 2.45) is 0 Å². The van der Waals surface area contributed by atoms with Crippen molar-refractivity contribution in [3.63, 3.8) is 0 Å². The van der Waals surface area contributed by atoms with Crippen molar-refractivity contribution >= 4 is 11.7 Å². The van der Waals surface area contributed by atoms with E-state index in [1.54, 1.807) is 24.7 Å². The summed E-state index contributed by atoms with van der Waals surface area (Å²) in [7, 11) is 0. The summed E-state index contributed by atoms with van der Waals surface area (Å²) in [6, 6.07) is 11.9. The van der Waals surface area contributed by atoms with Gasteiger partial charge in [0.2, 0.25) is 0 Å². The number of carboxylic acids is 1. The molecule has 3 rings (SSSR count). The van der Waals surface area contributed by atoms with Gasteiger partial charge in [-0.2, -0.15) is 18.3 Å². The maximum Gasteiger partial charge on any atom is 0.490 e. The van der Waals surface area contributed by atoms with Gasteiger partial charge in [0.05, 0.1) is 5.69 Å². The van der Waals surface area contributed by atoms with Crippen molar-refractivity contribution in [2.45, 2.75) is 6.18 Å². The molecule has 6 nitrogen and oxygen atoms in total. The first-order valence-electron chi connectivity index (χ1n) is 6.89. The standard InChI is InChI=1S/C14H12N4.C2HF3O2/c15-13-4-6-16-9-12(13)10-2-1-3-11(8-10)14-5-7-17-18-14;3-2(4,5)1(6)7/h1-9H,(H2,15,16)(H,17,18);(H,6,7). The molecule has 2 heterocycles. The molecule has 0 aliphatic heterocycles. The van der Waals surface area contributed by atoms with E-state index in [9.17, 15) is 13.2 Å². The van der Waals surface area contributed by atoms with Crippen molar-refractivity contribution in [1.82, 2.24) is 15.2 Å². The lowest BCUT2D eigenvalue weighted by atomic mass is 10.0. The number of rotatable bonds is 2. The predicted molar refractivity (Wildman–Crippen MR) is 85.4 cm³/mol. The highest BCUT2D eigenvalue weighted by Crippen LogP contribution is 2.28. The Bertz CT molecular complexity index is 849. The van der Waals surface area contributed by atoms with Crippen LogP contribution in [-0.2, 0) is 4.79 Å². The van der Waals surface area contributed by atoms with Crippen LogP contribution < -0.4 is 5.73 Å². The zero-order valence-corrected chi connectivity index (χ0v) is 12.7. The number of carboxylic acid groups (broad SMARTS) is 1. The third-order valence-electron chi connectivity index (χ3n) is 3.08. The van der Waals surface area contributed by atoms with Gasteiger partial charge in [-0.05, 0) is 23.8 Å². The van der Waals surface area contributed by atoms with Crippen molar-refractivity contribution in [2.75, 3.05) is 5.73 Å². The lowest BCUT2D eigenvalue weighted by Crippen LogP contribution is -2.21. The molecule has 0 radical (unpaired) electrons. The summed E-state index contributed by atoms with van der Waals surface area (Å²) in [5.41, 5.74) is 10.7. The number of hydrogen-bond donors (Lipinski definition) is 3. The first kappa shape index (κ1) is 18.0. The summed E-state index contributed by atoms with van der Waals surface area (Å²) in [4.78, 5) is 13.0. The molecule has 0 amide bonds. The number of anilines is 1. The maximum absolute atomic E-state index is 10.6. The average molecular weight is 350 g/mol. The molecular weight excluding hydrogens is 337 g/mol. The van der Waals surface area contributed by atoms with Gasteiger partial charge in [0.15, 0.2) is 0 Å².